The molecule has 118 valence electrons. The third kappa shape index (κ3) is 3.66. The van der Waals surface area contributed by atoms with Crippen LogP contribution in [0.25, 0.3) is 11.1 Å². The molecule has 0 amide bonds. The molecule has 23 heavy (non-hydrogen) atoms. The van der Waals surface area contributed by atoms with Crippen LogP contribution in [0.2, 0.25) is 0 Å². The van der Waals surface area contributed by atoms with E-state index in [1.807, 2.05) is 24.3 Å². The highest BCUT2D eigenvalue weighted by molar-refractivity contribution is 5.96. The van der Waals surface area contributed by atoms with Gasteiger partial charge in [0.25, 0.3) is 0 Å². The molecule has 0 saturated carbocycles. The highest BCUT2D eigenvalue weighted by Crippen LogP contribution is 2.32. The van der Waals surface area contributed by atoms with Crippen molar-refractivity contribution < 1.29 is 19.4 Å². The van der Waals surface area contributed by atoms with Crippen LogP contribution in [0, 0.1) is 0 Å². The predicted molar refractivity (Wildman–Crippen MR) is 88.2 cm³/mol. The van der Waals surface area contributed by atoms with Gasteiger partial charge in [-0.05, 0) is 31.0 Å². The smallest absolute Gasteiger partial charge is 0.336 e. The molecule has 2 aromatic carbocycles. The van der Waals surface area contributed by atoms with E-state index in [1.54, 1.807) is 38.1 Å². The molecule has 0 heterocycles. The molecular formula is C19H18O4. The Balaban J connectivity index is 2.48. The Labute approximate surface area is 135 Å². The Morgan fingerprint density at radius 3 is 2.22 bits per heavy atom. The standard InChI is InChI=1S/C19H18O4/c1-12(2)19(22)23-13(3)14-8-4-5-9-15(14)16-10-6-7-11-17(16)18(20)21/h4-11,13H,1H2,2-3H3,(H,20,21). The second-order valence-electron chi connectivity index (χ2n) is 5.27. The monoisotopic (exact) mass is 310 g/mol. The number of ether oxygens (including phenoxy) is 1. The number of carbonyl (C=O) groups is 2. The summed E-state index contributed by atoms with van der Waals surface area (Å²) >= 11 is 0. The van der Waals surface area contributed by atoms with Gasteiger partial charge < -0.3 is 9.84 Å². The minimum atomic E-state index is -0.998. The summed E-state index contributed by atoms with van der Waals surface area (Å²) in [4.78, 5) is 23.2. The molecule has 0 aliphatic carbocycles. The second-order valence-corrected chi connectivity index (χ2v) is 5.27. The van der Waals surface area contributed by atoms with Crippen molar-refractivity contribution in [2.75, 3.05) is 0 Å². The third-order valence-electron chi connectivity index (χ3n) is 3.48. The first-order valence-electron chi connectivity index (χ1n) is 7.20. The first kappa shape index (κ1) is 16.5. The third-order valence-corrected chi connectivity index (χ3v) is 3.48. The topological polar surface area (TPSA) is 63.6 Å². The molecule has 0 saturated heterocycles. The average molecular weight is 310 g/mol. The van der Waals surface area contributed by atoms with E-state index in [9.17, 15) is 14.7 Å². The summed E-state index contributed by atoms with van der Waals surface area (Å²) < 4.78 is 5.37. The lowest BCUT2D eigenvalue weighted by Gasteiger charge is -2.18. The maximum Gasteiger partial charge on any atom is 0.336 e. The minimum Gasteiger partial charge on any atom is -0.478 e. The van der Waals surface area contributed by atoms with E-state index in [2.05, 4.69) is 6.58 Å². The van der Waals surface area contributed by atoms with Crippen molar-refractivity contribution in [1.29, 1.82) is 0 Å². The van der Waals surface area contributed by atoms with E-state index < -0.39 is 18.0 Å². The first-order chi connectivity index (χ1) is 10.9. The molecule has 0 spiro atoms. The van der Waals surface area contributed by atoms with Crippen molar-refractivity contribution in [2.24, 2.45) is 0 Å². The molecule has 0 aliphatic heterocycles. The number of hydrogen-bond donors (Lipinski definition) is 1. The van der Waals surface area contributed by atoms with Crippen LogP contribution in [0.1, 0.15) is 35.9 Å². The van der Waals surface area contributed by atoms with E-state index in [1.165, 1.54) is 0 Å². The number of hydrogen-bond acceptors (Lipinski definition) is 3. The van der Waals surface area contributed by atoms with Crippen molar-refractivity contribution in [3.63, 3.8) is 0 Å². The lowest BCUT2D eigenvalue weighted by Crippen LogP contribution is -2.10. The molecule has 0 radical (unpaired) electrons. The van der Waals surface area contributed by atoms with E-state index in [-0.39, 0.29) is 5.56 Å². The molecule has 4 heteroatoms. The molecule has 0 fully saturated rings. The second kappa shape index (κ2) is 6.92. The molecule has 0 bridgehead atoms. The predicted octanol–water partition coefficient (Wildman–Crippen LogP) is 4.23. The van der Waals surface area contributed by atoms with Gasteiger partial charge in [0.15, 0.2) is 0 Å². The molecule has 2 rings (SSSR count). The van der Waals surface area contributed by atoms with Gasteiger partial charge in [-0.3, -0.25) is 0 Å². The van der Waals surface area contributed by atoms with Crippen LogP contribution in [0.3, 0.4) is 0 Å². The normalized spacial score (nSPS) is 11.6. The van der Waals surface area contributed by atoms with Crippen molar-refractivity contribution in [1.82, 2.24) is 0 Å². The molecule has 1 N–H and O–H groups in total. The van der Waals surface area contributed by atoms with Crippen LogP contribution in [0.4, 0.5) is 0 Å². The van der Waals surface area contributed by atoms with Crippen LogP contribution in [-0.4, -0.2) is 17.0 Å². The van der Waals surface area contributed by atoms with Crippen molar-refractivity contribution in [3.05, 3.63) is 71.8 Å². The Morgan fingerprint density at radius 2 is 1.61 bits per heavy atom. The molecular weight excluding hydrogens is 292 g/mol. The highest BCUT2D eigenvalue weighted by Gasteiger charge is 2.19. The zero-order chi connectivity index (χ0) is 17.0. The van der Waals surface area contributed by atoms with Crippen molar-refractivity contribution in [2.45, 2.75) is 20.0 Å². The summed E-state index contributed by atoms with van der Waals surface area (Å²) in [5.41, 5.74) is 2.59. The fraction of sp³-hybridized carbons (Fsp3) is 0.158. The van der Waals surface area contributed by atoms with Gasteiger partial charge in [-0.15, -0.1) is 0 Å². The van der Waals surface area contributed by atoms with Gasteiger partial charge in [0.05, 0.1) is 5.56 Å². The summed E-state index contributed by atoms with van der Waals surface area (Å²) in [5, 5.41) is 9.38. The largest absolute Gasteiger partial charge is 0.478 e. The molecule has 1 unspecified atom stereocenters. The summed E-state index contributed by atoms with van der Waals surface area (Å²) in [6.45, 7) is 6.90. The molecule has 0 aromatic heterocycles. The Morgan fingerprint density at radius 1 is 1.04 bits per heavy atom. The van der Waals surface area contributed by atoms with Crippen LogP contribution in [0.15, 0.2) is 60.7 Å². The average Bonchev–Trinajstić information content (AvgIpc) is 2.54. The summed E-state index contributed by atoms with van der Waals surface area (Å²) in [5.74, 6) is -1.47. The van der Waals surface area contributed by atoms with Crippen LogP contribution in [-0.2, 0) is 9.53 Å². The van der Waals surface area contributed by atoms with E-state index in [0.29, 0.717) is 11.1 Å². The molecule has 2 aromatic rings. The minimum absolute atomic E-state index is 0.207. The van der Waals surface area contributed by atoms with E-state index >= 15 is 0 Å². The summed E-state index contributed by atoms with van der Waals surface area (Å²) in [6.07, 6.45) is -0.516. The van der Waals surface area contributed by atoms with Gasteiger partial charge in [-0.25, -0.2) is 9.59 Å². The SMILES string of the molecule is C=C(C)C(=O)OC(C)c1ccccc1-c1ccccc1C(=O)O. The summed E-state index contributed by atoms with van der Waals surface area (Å²) in [7, 11) is 0. The van der Waals surface area contributed by atoms with Gasteiger partial charge in [0, 0.05) is 11.1 Å². The van der Waals surface area contributed by atoms with Crippen LogP contribution < -0.4 is 0 Å². The Hall–Kier alpha value is -2.88. The van der Waals surface area contributed by atoms with Gasteiger partial charge in [-0.1, -0.05) is 49.0 Å². The maximum atomic E-state index is 11.7. The van der Waals surface area contributed by atoms with Crippen molar-refractivity contribution >= 4 is 11.9 Å². The van der Waals surface area contributed by atoms with Crippen LogP contribution >= 0.6 is 0 Å². The first-order valence-corrected chi connectivity index (χ1v) is 7.20. The lowest BCUT2D eigenvalue weighted by atomic mass is 9.93. The number of esters is 1. The number of carboxylic acids is 1. The highest BCUT2D eigenvalue weighted by atomic mass is 16.5. The van der Waals surface area contributed by atoms with E-state index in [4.69, 9.17) is 4.74 Å². The Kier molecular flexibility index (Phi) is 4.96. The fourth-order valence-corrected chi connectivity index (χ4v) is 2.33. The van der Waals surface area contributed by atoms with Gasteiger partial charge in [0.2, 0.25) is 0 Å². The van der Waals surface area contributed by atoms with Gasteiger partial charge in [-0.2, -0.15) is 0 Å². The lowest BCUT2D eigenvalue weighted by molar-refractivity contribution is -0.143. The molecule has 0 aliphatic rings. The number of carbonyl (C=O) groups excluding carboxylic acids is 1. The number of carboxylic acid groups (broad SMARTS) is 1. The zero-order valence-corrected chi connectivity index (χ0v) is 13.1. The quantitative estimate of drug-likeness (QED) is 0.663. The van der Waals surface area contributed by atoms with E-state index in [0.717, 1.165) is 11.1 Å². The fourth-order valence-electron chi connectivity index (χ4n) is 2.33. The van der Waals surface area contributed by atoms with Crippen molar-refractivity contribution in [3.8, 4) is 11.1 Å². The van der Waals surface area contributed by atoms with Gasteiger partial charge in [0.1, 0.15) is 6.10 Å². The number of rotatable bonds is 5. The maximum absolute atomic E-state index is 11.7. The summed E-state index contributed by atoms with van der Waals surface area (Å²) in [6, 6.07) is 14.1. The zero-order valence-electron chi connectivity index (χ0n) is 13.1. The van der Waals surface area contributed by atoms with Gasteiger partial charge >= 0.3 is 11.9 Å². The number of aromatic carboxylic acids is 1. The molecule has 4 nitrogen and oxygen atoms in total. The molecule has 1 atom stereocenters. The Bertz CT molecular complexity index is 761. The number of benzene rings is 2. The van der Waals surface area contributed by atoms with Crippen LogP contribution in [0.5, 0.6) is 0 Å².